The second-order valence-corrected chi connectivity index (χ2v) is 3.36. The van der Waals surface area contributed by atoms with E-state index in [4.69, 9.17) is 15.3 Å². The number of rotatable bonds is 7. The van der Waals surface area contributed by atoms with Gasteiger partial charge >= 0.3 is 6.01 Å². The van der Waals surface area contributed by atoms with Gasteiger partial charge in [-0.3, -0.25) is 5.43 Å². The fourth-order valence-electron chi connectivity index (χ4n) is 1.22. The summed E-state index contributed by atoms with van der Waals surface area (Å²) < 4.78 is 9.95. The summed E-state index contributed by atoms with van der Waals surface area (Å²) in [5, 5.41) is 0. The van der Waals surface area contributed by atoms with Crippen LogP contribution in [0.4, 0.5) is 11.9 Å². The number of nitrogens with two attached hydrogens (primary N) is 1. The summed E-state index contributed by atoms with van der Waals surface area (Å²) in [7, 11) is 5.04. The Morgan fingerprint density at radius 1 is 1.29 bits per heavy atom. The lowest BCUT2D eigenvalue weighted by Crippen LogP contribution is -2.23. The van der Waals surface area contributed by atoms with E-state index in [2.05, 4.69) is 20.4 Å². The zero-order chi connectivity index (χ0) is 12.7. The molecule has 1 aromatic heterocycles. The van der Waals surface area contributed by atoms with Crippen molar-refractivity contribution < 1.29 is 9.47 Å². The van der Waals surface area contributed by atoms with Gasteiger partial charge in [0.2, 0.25) is 11.9 Å². The van der Waals surface area contributed by atoms with Crippen molar-refractivity contribution in [3.05, 3.63) is 0 Å². The normalized spacial score (nSPS) is 10.1. The summed E-state index contributed by atoms with van der Waals surface area (Å²) >= 11 is 0. The number of hydrogen-bond acceptors (Lipinski definition) is 8. The zero-order valence-corrected chi connectivity index (χ0v) is 10.3. The van der Waals surface area contributed by atoms with Crippen molar-refractivity contribution in [2.24, 2.45) is 5.84 Å². The quantitative estimate of drug-likeness (QED) is 0.380. The van der Waals surface area contributed by atoms with Crippen LogP contribution in [0.5, 0.6) is 6.01 Å². The predicted molar refractivity (Wildman–Crippen MR) is 64.0 cm³/mol. The van der Waals surface area contributed by atoms with Gasteiger partial charge in [-0.15, -0.1) is 0 Å². The standard InChI is InChI=1S/C9H18N6O2/c1-15(5-4-6-16-2)8-11-7(14-10)12-9(13-8)17-3/h4-6,10H2,1-3H3,(H,11,12,13,14). The third kappa shape index (κ3) is 4.00. The first kappa shape index (κ1) is 13.4. The molecule has 0 aliphatic rings. The minimum atomic E-state index is 0.224. The summed E-state index contributed by atoms with van der Waals surface area (Å²) in [4.78, 5) is 14.0. The number of hydrogen-bond donors (Lipinski definition) is 2. The van der Waals surface area contributed by atoms with Crippen molar-refractivity contribution in [1.82, 2.24) is 15.0 Å². The molecule has 0 amide bonds. The van der Waals surface area contributed by atoms with Crippen molar-refractivity contribution >= 4 is 11.9 Å². The van der Waals surface area contributed by atoms with Gasteiger partial charge in [0, 0.05) is 27.3 Å². The van der Waals surface area contributed by atoms with Gasteiger partial charge in [-0.05, 0) is 6.42 Å². The highest BCUT2D eigenvalue weighted by atomic mass is 16.5. The van der Waals surface area contributed by atoms with E-state index in [1.807, 2.05) is 11.9 Å². The molecule has 96 valence electrons. The number of nitrogens with zero attached hydrogens (tertiary/aromatic N) is 4. The third-order valence-electron chi connectivity index (χ3n) is 2.10. The monoisotopic (exact) mass is 242 g/mol. The maximum atomic E-state index is 5.27. The molecule has 0 spiro atoms. The van der Waals surface area contributed by atoms with Crippen molar-refractivity contribution in [3.8, 4) is 6.01 Å². The lowest BCUT2D eigenvalue weighted by atomic mass is 10.4. The van der Waals surface area contributed by atoms with Gasteiger partial charge in [0.25, 0.3) is 0 Å². The lowest BCUT2D eigenvalue weighted by Gasteiger charge is -2.17. The van der Waals surface area contributed by atoms with Crippen molar-refractivity contribution in [2.75, 3.05) is 44.7 Å². The molecule has 0 radical (unpaired) electrons. The molecule has 1 aromatic rings. The molecule has 0 saturated carbocycles. The largest absolute Gasteiger partial charge is 0.467 e. The molecule has 8 nitrogen and oxygen atoms in total. The van der Waals surface area contributed by atoms with Crippen LogP contribution in [0, 0.1) is 0 Å². The summed E-state index contributed by atoms with van der Waals surface area (Å²) in [5.41, 5.74) is 2.37. The van der Waals surface area contributed by atoms with Crippen molar-refractivity contribution in [2.45, 2.75) is 6.42 Å². The molecule has 8 heteroatoms. The molecular weight excluding hydrogens is 224 g/mol. The molecule has 0 unspecified atom stereocenters. The van der Waals surface area contributed by atoms with Gasteiger partial charge in [-0.1, -0.05) is 0 Å². The first-order valence-corrected chi connectivity index (χ1v) is 5.18. The molecule has 17 heavy (non-hydrogen) atoms. The van der Waals surface area contributed by atoms with E-state index in [1.165, 1.54) is 7.11 Å². The fourth-order valence-corrected chi connectivity index (χ4v) is 1.22. The molecule has 0 aliphatic heterocycles. The summed E-state index contributed by atoms with van der Waals surface area (Å²) in [5.74, 6) is 6.04. The molecule has 1 rings (SSSR count). The van der Waals surface area contributed by atoms with Crippen LogP contribution < -0.4 is 20.9 Å². The number of methoxy groups -OCH3 is 2. The Hall–Kier alpha value is -1.67. The zero-order valence-electron chi connectivity index (χ0n) is 10.3. The molecular formula is C9H18N6O2. The average Bonchev–Trinajstić information content (AvgIpc) is 2.38. The van der Waals surface area contributed by atoms with Crippen LogP contribution in [0.1, 0.15) is 6.42 Å². The number of ether oxygens (including phenoxy) is 2. The highest BCUT2D eigenvalue weighted by Gasteiger charge is 2.09. The smallest absolute Gasteiger partial charge is 0.322 e. The summed E-state index contributed by atoms with van der Waals surface area (Å²) in [6.45, 7) is 1.46. The van der Waals surface area contributed by atoms with Crippen molar-refractivity contribution in [1.29, 1.82) is 0 Å². The first-order chi connectivity index (χ1) is 8.21. The Bertz CT molecular complexity index is 326. The minimum Gasteiger partial charge on any atom is -0.467 e. The maximum Gasteiger partial charge on any atom is 0.322 e. The van der Waals surface area contributed by atoms with Gasteiger partial charge < -0.3 is 14.4 Å². The van der Waals surface area contributed by atoms with E-state index in [0.717, 1.165) is 13.0 Å². The van der Waals surface area contributed by atoms with Crippen LogP contribution in [0.25, 0.3) is 0 Å². The Morgan fingerprint density at radius 2 is 2.06 bits per heavy atom. The van der Waals surface area contributed by atoms with E-state index in [-0.39, 0.29) is 12.0 Å². The van der Waals surface area contributed by atoms with Crippen LogP contribution in [0.2, 0.25) is 0 Å². The molecule has 0 aromatic carbocycles. The molecule has 0 aliphatic carbocycles. The Labute approximate surface area is 100 Å². The Kier molecular flexibility index (Phi) is 5.37. The van der Waals surface area contributed by atoms with Crippen LogP contribution in [-0.2, 0) is 4.74 Å². The number of nitrogen functional groups attached to an aromatic ring is 1. The third-order valence-corrected chi connectivity index (χ3v) is 2.10. The molecule has 0 fully saturated rings. The molecule has 0 atom stereocenters. The van der Waals surface area contributed by atoms with Crippen LogP contribution >= 0.6 is 0 Å². The Morgan fingerprint density at radius 3 is 2.65 bits per heavy atom. The highest BCUT2D eigenvalue weighted by molar-refractivity contribution is 5.36. The minimum absolute atomic E-state index is 0.224. The number of aromatic nitrogens is 3. The van der Waals surface area contributed by atoms with Crippen molar-refractivity contribution in [3.63, 3.8) is 0 Å². The summed E-state index contributed by atoms with van der Waals surface area (Å²) in [6.07, 6.45) is 0.881. The van der Waals surface area contributed by atoms with E-state index < -0.39 is 0 Å². The maximum absolute atomic E-state index is 5.27. The van der Waals surface area contributed by atoms with E-state index in [0.29, 0.717) is 12.6 Å². The van der Waals surface area contributed by atoms with Gasteiger partial charge in [-0.2, -0.15) is 15.0 Å². The van der Waals surface area contributed by atoms with Gasteiger partial charge in [0.1, 0.15) is 0 Å². The van der Waals surface area contributed by atoms with E-state index in [1.54, 1.807) is 7.11 Å². The average molecular weight is 242 g/mol. The number of nitrogens with one attached hydrogen (secondary N) is 1. The van der Waals surface area contributed by atoms with Crippen LogP contribution in [-0.4, -0.2) is 49.4 Å². The van der Waals surface area contributed by atoms with Gasteiger partial charge in [-0.25, -0.2) is 5.84 Å². The van der Waals surface area contributed by atoms with E-state index in [9.17, 15) is 0 Å². The predicted octanol–water partition coefficient (Wildman–Crippen LogP) is -0.361. The molecule has 1 heterocycles. The first-order valence-electron chi connectivity index (χ1n) is 5.18. The van der Waals surface area contributed by atoms with E-state index >= 15 is 0 Å². The Balaban J connectivity index is 2.73. The highest BCUT2D eigenvalue weighted by Crippen LogP contribution is 2.12. The number of hydrazine groups is 1. The van der Waals surface area contributed by atoms with Gasteiger partial charge in [0.05, 0.1) is 7.11 Å². The fraction of sp³-hybridized carbons (Fsp3) is 0.667. The second kappa shape index (κ2) is 6.81. The van der Waals surface area contributed by atoms with Crippen LogP contribution in [0.3, 0.4) is 0 Å². The number of anilines is 2. The molecule has 0 saturated heterocycles. The SMILES string of the molecule is COCCCN(C)c1nc(NN)nc(OC)n1. The molecule has 0 bridgehead atoms. The molecule has 3 N–H and O–H groups in total. The van der Waals surface area contributed by atoms with Gasteiger partial charge in [0.15, 0.2) is 0 Å². The topological polar surface area (TPSA) is 98.4 Å². The van der Waals surface area contributed by atoms with Crippen LogP contribution in [0.15, 0.2) is 0 Å². The second-order valence-electron chi connectivity index (χ2n) is 3.36. The lowest BCUT2D eigenvalue weighted by molar-refractivity contribution is 0.196. The summed E-state index contributed by atoms with van der Waals surface area (Å²) in [6, 6.07) is 0.224.